The summed E-state index contributed by atoms with van der Waals surface area (Å²) in [5, 5.41) is 10.1. The topological polar surface area (TPSA) is 54.5 Å². The number of ether oxygens (including phenoxy) is 2. The summed E-state index contributed by atoms with van der Waals surface area (Å²) in [4.78, 5) is 0. The van der Waals surface area contributed by atoms with E-state index in [4.69, 9.17) is 9.47 Å². The van der Waals surface area contributed by atoms with Gasteiger partial charge in [-0.15, -0.1) is 0 Å². The SMILES string of the molecule is COc1ccccc1NCCNCCNc1ccccc1OC. The van der Waals surface area contributed by atoms with Gasteiger partial charge in [0, 0.05) is 26.2 Å². The van der Waals surface area contributed by atoms with Crippen LogP contribution >= 0.6 is 0 Å². The maximum atomic E-state index is 5.31. The van der Waals surface area contributed by atoms with Crippen LogP contribution < -0.4 is 25.4 Å². The smallest absolute Gasteiger partial charge is 0.141 e. The second kappa shape index (κ2) is 9.58. The highest BCUT2D eigenvalue weighted by Gasteiger charge is 2.00. The Kier molecular flexibility index (Phi) is 7.07. The van der Waals surface area contributed by atoms with E-state index < -0.39 is 0 Å². The minimum Gasteiger partial charge on any atom is -0.495 e. The molecule has 5 heteroatoms. The van der Waals surface area contributed by atoms with Crippen LogP contribution in [0.5, 0.6) is 11.5 Å². The van der Waals surface area contributed by atoms with Gasteiger partial charge in [0.2, 0.25) is 0 Å². The lowest BCUT2D eigenvalue weighted by Gasteiger charge is -2.13. The molecule has 0 spiro atoms. The van der Waals surface area contributed by atoms with E-state index in [1.54, 1.807) is 14.2 Å². The van der Waals surface area contributed by atoms with Crippen molar-refractivity contribution in [3.8, 4) is 11.5 Å². The Morgan fingerprint density at radius 1 is 0.652 bits per heavy atom. The third kappa shape index (κ3) is 5.38. The molecule has 0 saturated carbocycles. The Morgan fingerprint density at radius 2 is 1.09 bits per heavy atom. The average Bonchev–Trinajstić information content (AvgIpc) is 2.61. The number of nitrogens with one attached hydrogen (secondary N) is 3. The number of para-hydroxylation sites is 4. The van der Waals surface area contributed by atoms with Crippen molar-refractivity contribution in [3.05, 3.63) is 48.5 Å². The second-order valence-corrected chi connectivity index (χ2v) is 5.00. The first-order valence-corrected chi connectivity index (χ1v) is 7.79. The van der Waals surface area contributed by atoms with Crippen LogP contribution in [-0.4, -0.2) is 40.4 Å². The summed E-state index contributed by atoms with van der Waals surface area (Å²) in [6.45, 7) is 3.45. The van der Waals surface area contributed by atoms with Crippen molar-refractivity contribution in [2.75, 3.05) is 51.0 Å². The highest BCUT2D eigenvalue weighted by molar-refractivity contribution is 5.56. The van der Waals surface area contributed by atoms with Crippen LogP contribution in [0.4, 0.5) is 11.4 Å². The van der Waals surface area contributed by atoms with E-state index in [9.17, 15) is 0 Å². The van der Waals surface area contributed by atoms with E-state index >= 15 is 0 Å². The maximum absolute atomic E-state index is 5.31. The molecule has 2 aromatic carbocycles. The van der Waals surface area contributed by atoms with Crippen LogP contribution in [0.3, 0.4) is 0 Å². The lowest BCUT2D eigenvalue weighted by atomic mass is 10.3. The van der Waals surface area contributed by atoms with Crippen LogP contribution in [0.25, 0.3) is 0 Å². The normalized spacial score (nSPS) is 10.2. The van der Waals surface area contributed by atoms with Gasteiger partial charge < -0.3 is 25.4 Å². The number of anilines is 2. The van der Waals surface area contributed by atoms with Gasteiger partial charge in [0.05, 0.1) is 25.6 Å². The van der Waals surface area contributed by atoms with Crippen LogP contribution in [0.1, 0.15) is 0 Å². The highest BCUT2D eigenvalue weighted by atomic mass is 16.5. The summed E-state index contributed by atoms with van der Waals surface area (Å²) in [5.74, 6) is 1.73. The first-order valence-electron chi connectivity index (χ1n) is 7.79. The van der Waals surface area contributed by atoms with E-state index in [0.29, 0.717) is 0 Å². The fourth-order valence-corrected chi connectivity index (χ4v) is 2.28. The summed E-state index contributed by atoms with van der Waals surface area (Å²) in [6.07, 6.45) is 0. The van der Waals surface area contributed by atoms with Crippen LogP contribution in [0.2, 0.25) is 0 Å². The predicted molar refractivity (Wildman–Crippen MR) is 95.8 cm³/mol. The first-order chi connectivity index (χ1) is 11.3. The Bertz CT molecular complexity index is 538. The van der Waals surface area contributed by atoms with Crippen molar-refractivity contribution in [1.29, 1.82) is 0 Å². The monoisotopic (exact) mass is 315 g/mol. The van der Waals surface area contributed by atoms with Gasteiger partial charge in [-0.2, -0.15) is 0 Å². The molecule has 0 unspecified atom stereocenters. The van der Waals surface area contributed by atoms with Gasteiger partial charge >= 0.3 is 0 Å². The first kappa shape index (κ1) is 17.0. The van der Waals surface area contributed by atoms with Gasteiger partial charge in [-0.05, 0) is 24.3 Å². The molecule has 2 aromatic rings. The molecule has 0 aliphatic carbocycles. The largest absolute Gasteiger partial charge is 0.495 e. The molecule has 0 heterocycles. The Labute approximate surface area is 138 Å². The lowest BCUT2D eigenvalue weighted by Crippen LogP contribution is -2.27. The lowest BCUT2D eigenvalue weighted by molar-refractivity contribution is 0.416. The molecular weight excluding hydrogens is 290 g/mol. The molecule has 23 heavy (non-hydrogen) atoms. The quantitative estimate of drug-likeness (QED) is 0.589. The van der Waals surface area contributed by atoms with Crippen molar-refractivity contribution in [2.24, 2.45) is 0 Å². The van der Waals surface area contributed by atoms with Crippen molar-refractivity contribution >= 4 is 11.4 Å². The molecule has 0 fully saturated rings. The molecule has 0 aliphatic heterocycles. The molecule has 0 aromatic heterocycles. The van der Waals surface area contributed by atoms with Crippen LogP contribution in [0.15, 0.2) is 48.5 Å². The van der Waals surface area contributed by atoms with Crippen molar-refractivity contribution in [3.63, 3.8) is 0 Å². The minimum absolute atomic E-state index is 0.842. The molecule has 0 amide bonds. The molecule has 2 rings (SSSR count). The molecular formula is C18H25N3O2. The van der Waals surface area contributed by atoms with Gasteiger partial charge in [0.1, 0.15) is 11.5 Å². The van der Waals surface area contributed by atoms with Gasteiger partial charge in [0.15, 0.2) is 0 Å². The maximum Gasteiger partial charge on any atom is 0.141 e. The van der Waals surface area contributed by atoms with Crippen molar-refractivity contribution < 1.29 is 9.47 Å². The highest BCUT2D eigenvalue weighted by Crippen LogP contribution is 2.23. The van der Waals surface area contributed by atoms with E-state index in [2.05, 4.69) is 16.0 Å². The van der Waals surface area contributed by atoms with E-state index in [-0.39, 0.29) is 0 Å². The molecule has 0 atom stereocenters. The second-order valence-electron chi connectivity index (χ2n) is 5.00. The fraction of sp³-hybridized carbons (Fsp3) is 0.333. The van der Waals surface area contributed by atoms with Gasteiger partial charge in [-0.3, -0.25) is 0 Å². The standard InChI is InChI=1S/C18H25N3O2/c1-22-17-9-5-3-7-15(17)20-13-11-19-12-14-21-16-8-4-6-10-18(16)23-2/h3-10,19-21H,11-14H2,1-2H3. The van der Waals surface area contributed by atoms with Crippen LogP contribution in [-0.2, 0) is 0 Å². The van der Waals surface area contributed by atoms with Gasteiger partial charge in [-0.1, -0.05) is 24.3 Å². The predicted octanol–water partition coefficient (Wildman–Crippen LogP) is 2.82. The number of rotatable bonds is 10. The number of hydrogen-bond donors (Lipinski definition) is 3. The molecule has 124 valence electrons. The number of hydrogen-bond acceptors (Lipinski definition) is 5. The molecule has 5 nitrogen and oxygen atoms in total. The van der Waals surface area contributed by atoms with E-state index in [0.717, 1.165) is 49.1 Å². The fourth-order valence-electron chi connectivity index (χ4n) is 2.28. The average molecular weight is 315 g/mol. The summed E-state index contributed by atoms with van der Waals surface area (Å²) < 4.78 is 10.6. The summed E-state index contributed by atoms with van der Waals surface area (Å²) in [7, 11) is 3.37. The van der Waals surface area contributed by atoms with E-state index in [1.165, 1.54) is 0 Å². The molecule has 3 N–H and O–H groups in total. The number of methoxy groups -OCH3 is 2. The summed E-state index contributed by atoms with van der Waals surface area (Å²) >= 11 is 0. The Balaban J connectivity index is 1.61. The van der Waals surface area contributed by atoms with Gasteiger partial charge in [-0.25, -0.2) is 0 Å². The van der Waals surface area contributed by atoms with Crippen molar-refractivity contribution in [2.45, 2.75) is 0 Å². The third-order valence-corrected chi connectivity index (χ3v) is 3.45. The number of benzene rings is 2. The Hall–Kier alpha value is -2.40. The zero-order chi connectivity index (χ0) is 16.3. The van der Waals surface area contributed by atoms with Gasteiger partial charge in [0.25, 0.3) is 0 Å². The molecule has 0 aliphatic rings. The molecule has 0 radical (unpaired) electrons. The zero-order valence-electron chi connectivity index (χ0n) is 13.8. The van der Waals surface area contributed by atoms with Crippen LogP contribution in [0, 0.1) is 0 Å². The zero-order valence-corrected chi connectivity index (χ0v) is 13.8. The summed E-state index contributed by atoms with van der Waals surface area (Å²) in [5.41, 5.74) is 2.04. The van der Waals surface area contributed by atoms with E-state index in [1.807, 2.05) is 48.5 Å². The molecule has 0 saturated heterocycles. The summed E-state index contributed by atoms with van der Waals surface area (Å²) in [6, 6.07) is 15.9. The Morgan fingerprint density at radius 3 is 1.52 bits per heavy atom. The molecule has 0 bridgehead atoms. The third-order valence-electron chi connectivity index (χ3n) is 3.45. The van der Waals surface area contributed by atoms with Crippen molar-refractivity contribution in [1.82, 2.24) is 5.32 Å². The minimum atomic E-state index is 0.842.